The van der Waals surface area contributed by atoms with Crippen LogP contribution in [-0.4, -0.2) is 50.7 Å². The van der Waals surface area contributed by atoms with Gasteiger partial charge < -0.3 is 15.2 Å². The molecule has 0 aliphatic heterocycles. The quantitative estimate of drug-likeness (QED) is 0.757. The highest BCUT2D eigenvalue weighted by Gasteiger charge is 2.21. The number of aromatic nitrogens is 4. The fourth-order valence-electron chi connectivity index (χ4n) is 3.20. The lowest BCUT2D eigenvalue weighted by Crippen LogP contribution is -2.27. The second kappa shape index (κ2) is 7.70. The van der Waals surface area contributed by atoms with Crippen LogP contribution in [0, 0.1) is 5.92 Å². The number of aliphatic hydroxyl groups excluding tert-OH is 1. The second-order valence-corrected chi connectivity index (χ2v) is 6.15. The summed E-state index contributed by atoms with van der Waals surface area (Å²) in [4.78, 5) is 8.53. The van der Waals surface area contributed by atoms with Gasteiger partial charge in [-0.2, -0.15) is 5.10 Å². The fraction of sp³-hybridized carbons (Fsp3) is 0.688. The van der Waals surface area contributed by atoms with Crippen molar-refractivity contribution in [1.29, 1.82) is 0 Å². The minimum atomic E-state index is 0.0386. The molecule has 0 amide bonds. The molecule has 3 rings (SSSR count). The van der Waals surface area contributed by atoms with Gasteiger partial charge in [0.05, 0.1) is 37.4 Å². The van der Waals surface area contributed by atoms with E-state index < -0.39 is 0 Å². The summed E-state index contributed by atoms with van der Waals surface area (Å²) >= 11 is 0. The monoisotopic (exact) mass is 319 g/mol. The summed E-state index contributed by atoms with van der Waals surface area (Å²) in [6.07, 6.45) is 8.70. The van der Waals surface area contributed by atoms with E-state index in [1.54, 1.807) is 10.9 Å². The van der Waals surface area contributed by atoms with Gasteiger partial charge in [0.1, 0.15) is 12.1 Å². The number of ether oxygens (including phenoxy) is 1. The second-order valence-electron chi connectivity index (χ2n) is 6.15. The van der Waals surface area contributed by atoms with E-state index in [9.17, 15) is 0 Å². The molecule has 2 N–H and O–H groups in total. The van der Waals surface area contributed by atoms with Crippen LogP contribution < -0.4 is 5.32 Å². The molecule has 0 spiro atoms. The van der Waals surface area contributed by atoms with Crippen LogP contribution in [-0.2, 0) is 11.3 Å². The first-order valence-corrected chi connectivity index (χ1v) is 8.42. The number of fused-ring (bicyclic) bond motifs is 1. The molecule has 1 saturated carbocycles. The molecule has 1 aliphatic carbocycles. The van der Waals surface area contributed by atoms with E-state index in [2.05, 4.69) is 27.3 Å². The highest BCUT2D eigenvalue weighted by molar-refractivity contribution is 5.85. The summed E-state index contributed by atoms with van der Waals surface area (Å²) in [7, 11) is 0. The summed E-state index contributed by atoms with van der Waals surface area (Å²) in [6.45, 7) is 4.13. The van der Waals surface area contributed by atoms with E-state index in [0.29, 0.717) is 31.7 Å². The highest BCUT2D eigenvalue weighted by Crippen LogP contribution is 2.26. The summed E-state index contributed by atoms with van der Waals surface area (Å²) in [6, 6.07) is 0. The number of hydrogen-bond donors (Lipinski definition) is 2. The number of hydrogen-bond acceptors (Lipinski definition) is 6. The number of nitrogens with zero attached hydrogens (tertiary/aromatic N) is 4. The first kappa shape index (κ1) is 16.1. The predicted molar refractivity (Wildman–Crippen MR) is 88.3 cm³/mol. The molecule has 23 heavy (non-hydrogen) atoms. The Balaban J connectivity index is 1.55. The van der Waals surface area contributed by atoms with E-state index in [1.165, 1.54) is 32.0 Å². The predicted octanol–water partition coefficient (Wildman–Crippen LogP) is 1.83. The van der Waals surface area contributed by atoms with E-state index in [4.69, 9.17) is 9.84 Å². The van der Waals surface area contributed by atoms with Gasteiger partial charge in [-0.3, -0.25) is 0 Å². The van der Waals surface area contributed by atoms with Crippen LogP contribution >= 0.6 is 0 Å². The number of anilines is 1. The fourth-order valence-corrected chi connectivity index (χ4v) is 3.20. The Morgan fingerprint density at radius 1 is 1.35 bits per heavy atom. The standard InChI is InChI=1S/C16H25N5O2/c1-12-4-2-3-5-14(12)23-9-6-17-15-13-10-20-21(7-8-22)16(13)19-11-18-15/h10-12,14,22H,2-9H2,1H3,(H,17,18,19). The first-order valence-electron chi connectivity index (χ1n) is 8.42. The van der Waals surface area contributed by atoms with Crippen molar-refractivity contribution in [2.24, 2.45) is 5.92 Å². The van der Waals surface area contributed by atoms with E-state index in [0.717, 1.165) is 16.9 Å². The van der Waals surface area contributed by atoms with Crippen molar-refractivity contribution in [1.82, 2.24) is 19.7 Å². The van der Waals surface area contributed by atoms with Crippen LogP contribution in [0.1, 0.15) is 32.6 Å². The molecular weight excluding hydrogens is 294 g/mol. The maximum absolute atomic E-state index is 9.05. The summed E-state index contributed by atoms with van der Waals surface area (Å²) < 4.78 is 7.70. The lowest BCUT2D eigenvalue weighted by Gasteiger charge is -2.28. The Morgan fingerprint density at radius 3 is 3.04 bits per heavy atom. The van der Waals surface area contributed by atoms with Gasteiger partial charge in [-0.1, -0.05) is 19.8 Å². The van der Waals surface area contributed by atoms with Crippen LogP contribution in [0.15, 0.2) is 12.5 Å². The Bertz CT molecular complexity index is 630. The first-order chi connectivity index (χ1) is 11.3. The molecule has 126 valence electrons. The lowest BCUT2D eigenvalue weighted by molar-refractivity contribution is 0.000380. The molecule has 1 fully saturated rings. The Labute approximate surface area is 136 Å². The zero-order valence-electron chi connectivity index (χ0n) is 13.6. The largest absolute Gasteiger partial charge is 0.394 e. The summed E-state index contributed by atoms with van der Waals surface area (Å²) in [5.41, 5.74) is 0.735. The Kier molecular flexibility index (Phi) is 5.40. The van der Waals surface area contributed by atoms with Crippen molar-refractivity contribution in [2.75, 3.05) is 25.1 Å². The zero-order valence-corrected chi connectivity index (χ0v) is 13.6. The molecule has 0 bridgehead atoms. The highest BCUT2D eigenvalue weighted by atomic mass is 16.5. The maximum Gasteiger partial charge on any atom is 0.163 e. The minimum absolute atomic E-state index is 0.0386. The topological polar surface area (TPSA) is 85.1 Å². The lowest BCUT2D eigenvalue weighted by atomic mass is 9.88. The van der Waals surface area contributed by atoms with Crippen molar-refractivity contribution in [3.8, 4) is 0 Å². The smallest absolute Gasteiger partial charge is 0.163 e. The number of aliphatic hydroxyl groups is 1. The minimum Gasteiger partial charge on any atom is -0.394 e. The third-order valence-electron chi connectivity index (χ3n) is 4.50. The zero-order chi connectivity index (χ0) is 16.1. The molecule has 2 aromatic heterocycles. The van der Waals surface area contributed by atoms with Gasteiger partial charge in [0, 0.05) is 6.54 Å². The van der Waals surface area contributed by atoms with Crippen molar-refractivity contribution in [3.05, 3.63) is 12.5 Å². The van der Waals surface area contributed by atoms with Gasteiger partial charge in [-0.15, -0.1) is 0 Å². The molecule has 7 nitrogen and oxygen atoms in total. The van der Waals surface area contributed by atoms with Crippen molar-refractivity contribution in [2.45, 2.75) is 45.3 Å². The van der Waals surface area contributed by atoms with Crippen LogP contribution in [0.4, 0.5) is 5.82 Å². The number of rotatable bonds is 7. The van der Waals surface area contributed by atoms with Crippen LogP contribution in [0.5, 0.6) is 0 Å². The van der Waals surface area contributed by atoms with Gasteiger partial charge in [-0.05, 0) is 18.8 Å². The number of nitrogens with one attached hydrogen (secondary N) is 1. The van der Waals surface area contributed by atoms with Crippen molar-refractivity contribution >= 4 is 16.9 Å². The maximum atomic E-state index is 9.05. The summed E-state index contributed by atoms with van der Waals surface area (Å²) in [5.74, 6) is 1.42. The molecule has 2 unspecified atom stereocenters. The molecule has 2 heterocycles. The third-order valence-corrected chi connectivity index (χ3v) is 4.50. The molecule has 2 aromatic rings. The van der Waals surface area contributed by atoms with Crippen LogP contribution in [0.3, 0.4) is 0 Å². The van der Waals surface area contributed by atoms with Crippen LogP contribution in [0.25, 0.3) is 11.0 Å². The van der Waals surface area contributed by atoms with E-state index >= 15 is 0 Å². The molecule has 0 aromatic carbocycles. The van der Waals surface area contributed by atoms with Gasteiger partial charge in [-0.25, -0.2) is 14.6 Å². The average molecular weight is 319 g/mol. The van der Waals surface area contributed by atoms with Crippen molar-refractivity contribution < 1.29 is 9.84 Å². The van der Waals surface area contributed by atoms with Gasteiger partial charge >= 0.3 is 0 Å². The van der Waals surface area contributed by atoms with Gasteiger partial charge in [0.15, 0.2) is 5.65 Å². The van der Waals surface area contributed by atoms with Crippen molar-refractivity contribution in [3.63, 3.8) is 0 Å². The average Bonchev–Trinajstić information content (AvgIpc) is 2.97. The molecule has 1 aliphatic rings. The Morgan fingerprint density at radius 2 is 2.22 bits per heavy atom. The molecule has 7 heteroatoms. The third kappa shape index (κ3) is 3.79. The molecular formula is C16H25N5O2. The van der Waals surface area contributed by atoms with Gasteiger partial charge in [0.2, 0.25) is 0 Å². The molecule has 2 atom stereocenters. The molecule has 0 radical (unpaired) electrons. The summed E-state index contributed by atoms with van der Waals surface area (Å²) in [5, 5.41) is 17.5. The molecule has 0 saturated heterocycles. The SMILES string of the molecule is CC1CCCCC1OCCNc1ncnc2c1cnn2CCO. The van der Waals surface area contributed by atoms with E-state index in [1.807, 2.05) is 0 Å². The van der Waals surface area contributed by atoms with E-state index in [-0.39, 0.29) is 6.61 Å². The van der Waals surface area contributed by atoms with Gasteiger partial charge in [0.25, 0.3) is 0 Å². The normalized spacial score (nSPS) is 21.7. The van der Waals surface area contributed by atoms with Crippen LogP contribution in [0.2, 0.25) is 0 Å². The Hall–Kier alpha value is -1.73.